The minimum atomic E-state index is -3.55. The van der Waals surface area contributed by atoms with Crippen LogP contribution in [0.15, 0.2) is 52.3 Å². The highest BCUT2D eigenvalue weighted by Gasteiger charge is 2.25. The molecule has 0 atom stereocenters. The molecule has 3 rings (SSSR count). The smallest absolute Gasteiger partial charge is 0.250 e. The molecule has 0 radical (unpaired) electrons. The summed E-state index contributed by atoms with van der Waals surface area (Å²) in [4.78, 5) is 12.4. The fraction of sp³-hybridized carbons (Fsp3) is 0.421. The highest BCUT2D eigenvalue weighted by atomic mass is 32.2. The first-order chi connectivity index (χ1) is 12.0. The van der Waals surface area contributed by atoms with Crippen LogP contribution in [-0.2, 0) is 16.6 Å². The Morgan fingerprint density at radius 3 is 2.32 bits per heavy atom. The van der Waals surface area contributed by atoms with Gasteiger partial charge in [0, 0.05) is 25.4 Å². The second-order valence-electron chi connectivity index (χ2n) is 6.58. The molecular weight excluding hydrogens is 336 g/mol. The maximum absolute atomic E-state index is 12.9. The molecule has 1 aliphatic heterocycles. The third-order valence-electron chi connectivity index (χ3n) is 4.76. The largest absolute Gasteiger partial charge is 0.310 e. The Balaban J connectivity index is 1.93. The van der Waals surface area contributed by atoms with E-state index in [-0.39, 0.29) is 10.5 Å². The van der Waals surface area contributed by atoms with Crippen LogP contribution in [0.25, 0.3) is 0 Å². The molecule has 0 spiro atoms. The number of aryl methyl sites for hydroxylation is 1. The summed E-state index contributed by atoms with van der Waals surface area (Å²) in [6.45, 7) is 3.46. The molecule has 134 valence electrons. The average molecular weight is 360 g/mol. The van der Waals surface area contributed by atoms with Crippen molar-refractivity contribution in [1.29, 1.82) is 0 Å². The zero-order valence-corrected chi connectivity index (χ0v) is 15.3. The van der Waals surface area contributed by atoms with Crippen LogP contribution in [0, 0.1) is 6.92 Å². The van der Waals surface area contributed by atoms with Crippen molar-refractivity contribution in [1.82, 2.24) is 8.87 Å². The Bertz CT molecular complexity index is 895. The van der Waals surface area contributed by atoms with E-state index in [1.807, 2.05) is 31.2 Å². The molecule has 0 amide bonds. The maximum atomic E-state index is 12.9. The fourth-order valence-corrected chi connectivity index (χ4v) is 4.73. The fourth-order valence-electron chi connectivity index (χ4n) is 3.19. The number of nitrogens with zero attached hydrogens (tertiary/aromatic N) is 2. The van der Waals surface area contributed by atoms with E-state index in [1.165, 1.54) is 22.9 Å². The van der Waals surface area contributed by atoms with E-state index in [0.717, 1.165) is 36.8 Å². The van der Waals surface area contributed by atoms with Crippen LogP contribution in [0.5, 0.6) is 0 Å². The lowest BCUT2D eigenvalue weighted by atomic mass is 10.1. The number of sulfonamides is 1. The highest BCUT2D eigenvalue weighted by Crippen LogP contribution is 2.19. The Kier molecular flexibility index (Phi) is 5.39. The Hall–Kier alpha value is -1.92. The minimum Gasteiger partial charge on any atom is -0.310 e. The van der Waals surface area contributed by atoms with E-state index < -0.39 is 10.0 Å². The van der Waals surface area contributed by atoms with Crippen molar-refractivity contribution in [3.8, 4) is 0 Å². The molecule has 0 saturated carbocycles. The van der Waals surface area contributed by atoms with E-state index in [1.54, 1.807) is 4.31 Å². The van der Waals surface area contributed by atoms with E-state index in [2.05, 4.69) is 0 Å². The van der Waals surface area contributed by atoms with Crippen molar-refractivity contribution < 1.29 is 8.42 Å². The quantitative estimate of drug-likeness (QED) is 0.842. The van der Waals surface area contributed by atoms with Gasteiger partial charge in [-0.05, 0) is 37.0 Å². The van der Waals surface area contributed by atoms with Gasteiger partial charge in [-0.15, -0.1) is 0 Å². The van der Waals surface area contributed by atoms with Gasteiger partial charge in [0.15, 0.2) is 0 Å². The molecule has 1 aromatic carbocycles. The van der Waals surface area contributed by atoms with E-state index >= 15 is 0 Å². The predicted molar refractivity (Wildman–Crippen MR) is 98.2 cm³/mol. The van der Waals surface area contributed by atoms with Crippen LogP contribution in [0.2, 0.25) is 0 Å². The van der Waals surface area contributed by atoms with Crippen molar-refractivity contribution in [2.45, 2.75) is 44.0 Å². The van der Waals surface area contributed by atoms with E-state index in [4.69, 9.17) is 0 Å². The van der Waals surface area contributed by atoms with Crippen LogP contribution in [-0.4, -0.2) is 30.4 Å². The molecule has 5 nitrogen and oxygen atoms in total. The SMILES string of the molecule is Cc1ccccc1Cn1cc(S(=O)(=O)N2CCCCCC2)ccc1=O. The van der Waals surface area contributed by atoms with E-state index in [0.29, 0.717) is 19.6 Å². The molecule has 0 aliphatic carbocycles. The monoisotopic (exact) mass is 360 g/mol. The first kappa shape index (κ1) is 17.9. The summed E-state index contributed by atoms with van der Waals surface area (Å²) < 4.78 is 28.9. The van der Waals surface area contributed by atoms with Gasteiger partial charge < -0.3 is 4.57 Å². The molecule has 2 heterocycles. The van der Waals surface area contributed by atoms with Gasteiger partial charge in [-0.25, -0.2) is 8.42 Å². The van der Waals surface area contributed by atoms with Crippen molar-refractivity contribution >= 4 is 10.0 Å². The van der Waals surface area contributed by atoms with Crippen molar-refractivity contribution in [3.05, 3.63) is 64.1 Å². The molecule has 1 aliphatic rings. The highest BCUT2D eigenvalue weighted by molar-refractivity contribution is 7.89. The Labute approximate surface area is 149 Å². The van der Waals surface area contributed by atoms with Crippen molar-refractivity contribution in [3.63, 3.8) is 0 Å². The summed E-state index contributed by atoms with van der Waals surface area (Å²) in [5, 5.41) is 0. The molecule has 6 heteroatoms. The third-order valence-corrected chi connectivity index (χ3v) is 6.64. The summed E-state index contributed by atoms with van der Waals surface area (Å²) in [5.41, 5.74) is 1.89. The summed E-state index contributed by atoms with van der Waals surface area (Å²) in [6.07, 6.45) is 5.40. The lowest BCUT2D eigenvalue weighted by molar-refractivity contribution is 0.423. The second-order valence-corrected chi connectivity index (χ2v) is 8.51. The summed E-state index contributed by atoms with van der Waals surface area (Å²) in [5.74, 6) is 0. The van der Waals surface area contributed by atoms with Gasteiger partial charge in [-0.1, -0.05) is 37.1 Å². The van der Waals surface area contributed by atoms with Gasteiger partial charge in [-0.2, -0.15) is 4.31 Å². The number of hydrogen-bond donors (Lipinski definition) is 0. The number of aromatic nitrogens is 1. The number of hydrogen-bond acceptors (Lipinski definition) is 3. The molecular formula is C19H24N2O3S. The average Bonchev–Trinajstić information content (AvgIpc) is 2.88. The topological polar surface area (TPSA) is 59.4 Å². The molecule has 1 aromatic heterocycles. The van der Waals surface area contributed by atoms with Crippen LogP contribution >= 0.6 is 0 Å². The lowest BCUT2D eigenvalue weighted by Crippen LogP contribution is -2.33. The third kappa shape index (κ3) is 4.02. The zero-order chi connectivity index (χ0) is 17.9. The first-order valence-electron chi connectivity index (χ1n) is 8.73. The Morgan fingerprint density at radius 1 is 0.960 bits per heavy atom. The van der Waals surface area contributed by atoms with Crippen LogP contribution in [0.3, 0.4) is 0 Å². The van der Waals surface area contributed by atoms with Crippen LogP contribution in [0.1, 0.15) is 36.8 Å². The molecule has 1 fully saturated rings. The van der Waals surface area contributed by atoms with Gasteiger partial charge in [0.2, 0.25) is 10.0 Å². The van der Waals surface area contributed by atoms with Gasteiger partial charge in [0.1, 0.15) is 0 Å². The number of rotatable bonds is 4. The van der Waals surface area contributed by atoms with E-state index in [9.17, 15) is 13.2 Å². The predicted octanol–water partition coefficient (Wildman–Crippen LogP) is 2.77. The Morgan fingerprint density at radius 2 is 1.64 bits per heavy atom. The standard InChI is InChI=1S/C19H24N2O3S/c1-16-8-4-5-9-17(16)14-20-15-18(10-11-19(20)22)25(23,24)21-12-6-2-3-7-13-21/h4-5,8-11,15H,2-3,6-7,12-14H2,1H3. The van der Waals surface area contributed by atoms with Crippen molar-refractivity contribution in [2.75, 3.05) is 13.1 Å². The molecule has 1 saturated heterocycles. The summed E-state index contributed by atoms with van der Waals surface area (Å²) in [6, 6.07) is 10.6. The summed E-state index contributed by atoms with van der Waals surface area (Å²) >= 11 is 0. The molecule has 0 unspecified atom stereocenters. The van der Waals surface area contributed by atoms with Crippen LogP contribution < -0.4 is 5.56 Å². The second kappa shape index (κ2) is 7.54. The normalized spacial score (nSPS) is 16.5. The molecule has 0 bridgehead atoms. The molecule has 0 N–H and O–H groups in total. The number of benzene rings is 1. The zero-order valence-electron chi connectivity index (χ0n) is 14.5. The lowest BCUT2D eigenvalue weighted by Gasteiger charge is -2.20. The molecule has 25 heavy (non-hydrogen) atoms. The van der Waals surface area contributed by atoms with Gasteiger partial charge in [-0.3, -0.25) is 4.79 Å². The van der Waals surface area contributed by atoms with Gasteiger partial charge >= 0.3 is 0 Å². The maximum Gasteiger partial charge on any atom is 0.250 e. The first-order valence-corrected chi connectivity index (χ1v) is 10.2. The van der Waals surface area contributed by atoms with Gasteiger partial charge in [0.05, 0.1) is 11.4 Å². The van der Waals surface area contributed by atoms with Crippen molar-refractivity contribution in [2.24, 2.45) is 0 Å². The van der Waals surface area contributed by atoms with Crippen LogP contribution in [0.4, 0.5) is 0 Å². The number of pyridine rings is 1. The van der Waals surface area contributed by atoms with Gasteiger partial charge in [0.25, 0.3) is 5.56 Å². The summed E-state index contributed by atoms with van der Waals surface area (Å²) in [7, 11) is -3.55. The minimum absolute atomic E-state index is 0.196. The molecule has 2 aromatic rings.